The number of benzene rings is 3. The maximum absolute atomic E-state index is 13.6. The molecule has 1 aliphatic heterocycles. The molecule has 0 spiro atoms. The number of nitrogens with zero attached hydrogens (tertiary/aromatic N) is 5. The van der Waals surface area contributed by atoms with E-state index in [1.165, 1.54) is 0 Å². The number of piperazine rings is 1. The number of anilines is 1. The lowest BCUT2D eigenvalue weighted by molar-refractivity contribution is -0.132. The van der Waals surface area contributed by atoms with Crippen LogP contribution in [0.1, 0.15) is 28.9 Å². The first-order valence-electron chi connectivity index (χ1n) is 14.1. The maximum atomic E-state index is 13.6. The number of ether oxygens (including phenoxy) is 2. The Morgan fingerprint density at radius 3 is 2.19 bits per heavy atom. The molecule has 43 heavy (non-hydrogen) atoms. The van der Waals surface area contributed by atoms with Crippen molar-refractivity contribution in [1.29, 1.82) is 0 Å². The highest BCUT2D eigenvalue weighted by Gasteiger charge is 2.29. The first-order valence-corrected chi connectivity index (χ1v) is 14.5. The number of rotatable bonds is 9. The molecular formula is C33H34ClN5O4. The van der Waals surface area contributed by atoms with Gasteiger partial charge < -0.3 is 24.2 Å². The minimum absolute atomic E-state index is 0.0304. The molecule has 1 unspecified atom stereocenters. The highest BCUT2D eigenvalue weighted by molar-refractivity contribution is 6.30. The number of hydrogen-bond donors (Lipinski definition) is 0. The van der Waals surface area contributed by atoms with Crippen molar-refractivity contribution in [3.63, 3.8) is 0 Å². The zero-order valence-corrected chi connectivity index (χ0v) is 25.2. The van der Waals surface area contributed by atoms with E-state index < -0.39 is 0 Å². The Kier molecular flexibility index (Phi) is 9.41. The third-order valence-corrected chi connectivity index (χ3v) is 7.95. The summed E-state index contributed by atoms with van der Waals surface area (Å²) in [4.78, 5) is 32.7. The highest BCUT2D eigenvalue weighted by Crippen LogP contribution is 2.32. The Hall–Kier alpha value is -4.63. The average Bonchev–Trinajstić information content (AvgIpc) is 3.07. The molecule has 1 fully saturated rings. The minimum atomic E-state index is -0.297. The van der Waals surface area contributed by atoms with Gasteiger partial charge in [0, 0.05) is 42.3 Å². The van der Waals surface area contributed by atoms with Crippen LogP contribution in [0.15, 0.2) is 84.9 Å². The molecule has 0 N–H and O–H groups in total. The quantitative estimate of drug-likeness (QED) is 0.256. The van der Waals surface area contributed by atoms with Gasteiger partial charge in [-0.25, -0.2) is 0 Å². The fourth-order valence-corrected chi connectivity index (χ4v) is 5.25. The van der Waals surface area contributed by atoms with E-state index >= 15 is 0 Å². The number of aromatic nitrogens is 2. The lowest BCUT2D eigenvalue weighted by Crippen LogP contribution is -2.52. The van der Waals surface area contributed by atoms with Crippen LogP contribution in [0.5, 0.6) is 11.5 Å². The third kappa shape index (κ3) is 6.89. The number of methoxy groups -OCH3 is 2. The van der Waals surface area contributed by atoms with Gasteiger partial charge in [-0.1, -0.05) is 41.9 Å². The van der Waals surface area contributed by atoms with Gasteiger partial charge in [0.25, 0.3) is 5.91 Å². The predicted molar refractivity (Wildman–Crippen MR) is 167 cm³/mol. The molecule has 2 amide bonds. The number of hydrogen-bond acceptors (Lipinski definition) is 7. The summed E-state index contributed by atoms with van der Waals surface area (Å²) in [5.41, 5.74) is 3.03. The molecule has 4 aromatic rings. The van der Waals surface area contributed by atoms with Gasteiger partial charge in [0.05, 0.1) is 26.0 Å². The number of carbonyl (C=O) groups is 2. The van der Waals surface area contributed by atoms with Gasteiger partial charge in [-0.3, -0.25) is 9.59 Å². The van der Waals surface area contributed by atoms with Crippen LogP contribution in [0.2, 0.25) is 5.02 Å². The summed E-state index contributed by atoms with van der Waals surface area (Å²) in [5, 5.41) is 9.43. The molecule has 1 aromatic heterocycles. The van der Waals surface area contributed by atoms with E-state index in [4.69, 9.17) is 21.1 Å². The van der Waals surface area contributed by atoms with E-state index in [0.29, 0.717) is 48.3 Å². The molecule has 1 saturated heterocycles. The fourth-order valence-electron chi connectivity index (χ4n) is 5.13. The third-order valence-electron chi connectivity index (χ3n) is 7.69. The van der Waals surface area contributed by atoms with Crippen LogP contribution in [-0.4, -0.2) is 78.8 Å². The van der Waals surface area contributed by atoms with E-state index in [0.717, 1.165) is 22.6 Å². The Morgan fingerprint density at radius 1 is 0.860 bits per heavy atom. The second-order valence-corrected chi connectivity index (χ2v) is 10.7. The smallest absolute Gasteiger partial charge is 0.254 e. The summed E-state index contributed by atoms with van der Waals surface area (Å²) in [6.07, 6.45) is 0. The van der Waals surface area contributed by atoms with Crippen molar-refractivity contribution in [2.45, 2.75) is 13.0 Å². The van der Waals surface area contributed by atoms with Crippen molar-refractivity contribution < 1.29 is 19.1 Å². The van der Waals surface area contributed by atoms with E-state index in [1.54, 1.807) is 43.4 Å². The molecule has 0 bridgehead atoms. The van der Waals surface area contributed by atoms with Crippen molar-refractivity contribution in [2.24, 2.45) is 0 Å². The Balaban J connectivity index is 1.24. The van der Waals surface area contributed by atoms with Gasteiger partial charge in [-0.15, -0.1) is 10.2 Å². The number of halogens is 1. The summed E-state index contributed by atoms with van der Waals surface area (Å²) >= 11 is 6.05. The van der Waals surface area contributed by atoms with Gasteiger partial charge in [-0.2, -0.15) is 0 Å². The van der Waals surface area contributed by atoms with Gasteiger partial charge in [0.2, 0.25) is 5.91 Å². The lowest BCUT2D eigenvalue weighted by Gasteiger charge is -2.37. The molecule has 10 heteroatoms. The molecule has 1 atom stereocenters. The average molecular weight is 600 g/mol. The zero-order chi connectivity index (χ0) is 30.3. The lowest BCUT2D eigenvalue weighted by atomic mass is 10.1. The van der Waals surface area contributed by atoms with Gasteiger partial charge >= 0.3 is 0 Å². The zero-order valence-electron chi connectivity index (χ0n) is 24.4. The minimum Gasteiger partial charge on any atom is -0.493 e. The summed E-state index contributed by atoms with van der Waals surface area (Å²) in [6, 6.07) is 25.7. The van der Waals surface area contributed by atoms with Gasteiger partial charge in [0.15, 0.2) is 17.3 Å². The number of amides is 2. The SMILES string of the molecule is COc1ccc(-c2ccc(N3CCN(C(=O)CN(C(=O)c4ccc(Cl)cc4)C(C)c4ccccc4)CC3)nn2)cc1OC. The number of carbonyl (C=O) groups excluding carboxylic acids is 2. The molecule has 1 aliphatic rings. The molecule has 0 radical (unpaired) electrons. The summed E-state index contributed by atoms with van der Waals surface area (Å²) < 4.78 is 10.7. The van der Waals surface area contributed by atoms with Crippen molar-refractivity contribution in [3.8, 4) is 22.8 Å². The van der Waals surface area contributed by atoms with Crippen molar-refractivity contribution in [1.82, 2.24) is 20.0 Å². The van der Waals surface area contributed by atoms with E-state index in [-0.39, 0.29) is 24.4 Å². The molecular weight excluding hydrogens is 566 g/mol. The molecule has 3 aromatic carbocycles. The van der Waals surface area contributed by atoms with E-state index in [9.17, 15) is 9.59 Å². The van der Waals surface area contributed by atoms with Crippen molar-refractivity contribution in [2.75, 3.05) is 51.8 Å². The van der Waals surface area contributed by atoms with Gasteiger partial charge in [0.1, 0.15) is 6.54 Å². The maximum Gasteiger partial charge on any atom is 0.254 e. The van der Waals surface area contributed by atoms with Crippen LogP contribution >= 0.6 is 11.6 Å². The Labute approximate surface area is 256 Å². The van der Waals surface area contributed by atoms with Crippen LogP contribution < -0.4 is 14.4 Å². The van der Waals surface area contributed by atoms with Crippen LogP contribution in [0.25, 0.3) is 11.3 Å². The molecule has 0 aliphatic carbocycles. The largest absolute Gasteiger partial charge is 0.493 e. The second kappa shape index (κ2) is 13.6. The Bertz CT molecular complexity index is 1540. The first-order chi connectivity index (χ1) is 20.9. The predicted octanol–water partition coefficient (Wildman–Crippen LogP) is 5.37. The van der Waals surface area contributed by atoms with E-state index in [2.05, 4.69) is 15.1 Å². The summed E-state index contributed by atoms with van der Waals surface area (Å²) in [7, 11) is 3.20. The van der Waals surface area contributed by atoms with E-state index in [1.807, 2.05) is 72.5 Å². The molecule has 0 saturated carbocycles. The topological polar surface area (TPSA) is 88.1 Å². The molecule has 9 nitrogen and oxygen atoms in total. The van der Waals surface area contributed by atoms with Crippen molar-refractivity contribution in [3.05, 3.63) is 101 Å². The van der Waals surface area contributed by atoms with Crippen LogP contribution in [0, 0.1) is 0 Å². The monoisotopic (exact) mass is 599 g/mol. The van der Waals surface area contributed by atoms with Crippen LogP contribution in [-0.2, 0) is 4.79 Å². The molecule has 2 heterocycles. The summed E-state index contributed by atoms with van der Waals surface area (Å²) in [5.74, 6) is 1.70. The second-order valence-electron chi connectivity index (χ2n) is 10.2. The normalized spacial score (nSPS) is 13.8. The van der Waals surface area contributed by atoms with Crippen LogP contribution in [0.3, 0.4) is 0 Å². The fraction of sp³-hybridized carbons (Fsp3) is 0.273. The Morgan fingerprint density at radius 2 is 1.56 bits per heavy atom. The van der Waals surface area contributed by atoms with Gasteiger partial charge in [-0.05, 0) is 67.1 Å². The van der Waals surface area contributed by atoms with Crippen molar-refractivity contribution >= 4 is 29.2 Å². The molecule has 5 rings (SSSR count). The highest BCUT2D eigenvalue weighted by atomic mass is 35.5. The van der Waals surface area contributed by atoms with Crippen LogP contribution in [0.4, 0.5) is 5.82 Å². The summed E-state index contributed by atoms with van der Waals surface area (Å²) in [6.45, 7) is 4.16. The molecule has 222 valence electrons. The standard InChI is InChI=1S/C33H34ClN5O4/c1-23(24-7-5-4-6-8-24)39(33(41)25-9-12-27(34)13-10-25)22-32(40)38-19-17-37(18-20-38)31-16-14-28(35-36-31)26-11-15-29(42-2)30(21-26)43-3/h4-16,21,23H,17-20,22H2,1-3H3. The first kappa shape index (κ1) is 29.8.